The van der Waals surface area contributed by atoms with Gasteiger partial charge in [0.05, 0.1) is 7.11 Å². The molecule has 0 bridgehead atoms. The summed E-state index contributed by atoms with van der Waals surface area (Å²) in [5.74, 6) is 0.691. The molecule has 0 atom stereocenters. The monoisotopic (exact) mass is 263 g/mol. The Morgan fingerprint density at radius 3 is 2.67 bits per heavy atom. The van der Waals surface area contributed by atoms with Crippen LogP contribution in [0.15, 0.2) is 30.3 Å². The van der Waals surface area contributed by atoms with Crippen molar-refractivity contribution in [1.82, 2.24) is 5.32 Å². The van der Waals surface area contributed by atoms with E-state index in [1.807, 2.05) is 6.07 Å². The third-order valence-corrected chi connectivity index (χ3v) is 3.67. The van der Waals surface area contributed by atoms with Gasteiger partial charge in [0.25, 0.3) is 0 Å². The van der Waals surface area contributed by atoms with Gasteiger partial charge in [0, 0.05) is 22.8 Å². The molecule has 1 aromatic carbocycles. The Morgan fingerprint density at radius 2 is 2.06 bits per heavy atom. The maximum atomic E-state index is 9.66. The van der Waals surface area contributed by atoms with Crippen molar-refractivity contribution >= 4 is 11.3 Å². The minimum absolute atomic E-state index is 0.184. The van der Waals surface area contributed by atoms with Gasteiger partial charge in [-0.05, 0) is 36.8 Å². The molecular weight excluding hydrogens is 246 g/mol. The van der Waals surface area contributed by atoms with Gasteiger partial charge in [0.1, 0.15) is 0 Å². The van der Waals surface area contributed by atoms with Crippen LogP contribution < -0.4 is 10.1 Å². The van der Waals surface area contributed by atoms with Gasteiger partial charge in [-0.2, -0.15) is 0 Å². The first kappa shape index (κ1) is 12.9. The number of rotatable bonds is 5. The number of ether oxygens (including phenoxy) is 1. The zero-order chi connectivity index (χ0) is 13.0. The van der Waals surface area contributed by atoms with Crippen LogP contribution in [0.4, 0.5) is 0 Å². The molecule has 0 unspecified atom stereocenters. The zero-order valence-corrected chi connectivity index (χ0v) is 11.4. The summed E-state index contributed by atoms with van der Waals surface area (Å²) in [5.41, 5.74) is 1.04. The molecule has 96 valence electrons. The summed E-state index contributed by atoms with van der Waals surface area (Å²) in [6, 6.07) is 9.72. The Balaban J connectivity index is 1.88. The van der Waals surface area contributed by atoms with E-state index in [2.05, 4.69) is 24.4 Å². The highest BCUT2D eigenvalue weighted by Crippen LogP contribution is 2.26. The van der Waals surface area contributed by atoms with Crippen LogP contribution in [0, 0.1) is 6.92 Å². The van der Waals surface area contributed by atoms with E-state index in [1.165, 1.54) is 9.75 Å². The lowest BCUT2D eigenvalue weighted by Crippen LogP contribution is -2.11. The molecule has 18 heavy (non-hydrogen) atoms. The van der Waals surface area contributed by atoms with Crippen molar-refractivity contribution in [1.29, 1.82) is 0 Å². The van der Waals surface area contributed by atoms with E-state index >= 15 is 0 Å². The van der Waals surface area contributed by atoms with Gasteiger partial charge in [-0.25, -0.2) is 0 Å². The quantitative estimate of drug-likeness (QED) is 0.871. The van der Waals surface area contributed by atoms with E-state index < -0.39 is 0 Å². The van der Waals surface area contributed by atoms with Gasteiger partial charge < -0.3 is 15.2 Å². The van der Waals surface area contributed by atoms with Crippen molar-refractivity contribution < 1.29 is 9.84 Å². The Morgan fingerprint density at radius 1 is 1.22 bits per heavy atom. The van der Waals surface area contributed by atoms with E-state index in [0.29, 0.717) is 5.75 Å². The van der Waals surface area contributed by atoms with Crippen molar-refractivity contribution in [2.75, 3.05) is 7.11 Å². The number of methoxy groups -OCH3 is 1. The molecule has 0 aliphatic carbocycles. The van der Waals surface area contributed by atoms with Crippen molar-refractivity contribution in [3.8, 4) is 11.5 Å². The molecule has 2 N–H and O–H groups in total. The van der Waals surface area contributed by atoms with Crippen LogP contribution in [0.1, 0.15) is 15.3 Å². The summed E-state index contributed by atoms with van der Waals surface area (Å²) in [7, 11) is 1.55. The minimum atomic E-state index is 0.184. The highest BCUT2D eigenvalue weighted by molar-refractivity contribution is 7.11. The van der Waals surface area contributed by atoms with Crippen LogP contribution in [0.3, 0.4) is 0 Å². The van der Waals surface area contributed by atoms with E-state index in [0.717, 1.165) is 18.7 Å². The van der Waals surface area contributed by atoms with E-state index in [4.69, 9.17) is 4.74 Å². The average molecular weight is 263 g/mol. The van der Waals surface area contributed by atoms with Crippen LogP contribution in [-0.2, 0) is 13.1 Å². The topological polar surface area (TPSA) is 41.5 Å². The number of nitrogens with one attached hydrogen (secondary N) is 1. The number of hydrogen-bond donors (Lipinski definition) is 2. The summed E-state index contributed by atoms with van der Waals surface area (Å²) < 4.78 is 5.01. The predicted molar refractivity (Wildman–Crippen MR) is 74.3 cm³/mol. The minimum Gasteiger partial charge on any atom is -0.504 e. The van der Waals surface area contributed by atoms with Gasteiger partial charge >= 0.3 is 0 Å². The normalized spacial score (nSPS) is 10.6. The molecule has 0 aliphatic rings. The molecule has 0 saturated heterocycles. The summed E-state index contributed by atoms with van der Waals surface area (Å²) in [6.07, 6.45) is 0. The predicted octanol–water partition coefficient (Wildman–Crippen LogP) is 3.06. The van der Waals surface area contributed by atoms with Gasteiger partial charge in [-0.1, -0.05) is 6.07 Å². The van der Waals surface area contributed by atoms with Crippen molar-refractivity contribution in [3.63, 3.8) is 0 Å². The first-order chi connectivity index (χ1) is 8.69. The Kier molecular flexibility index (Phi) is 4.23. The van der Waals surface area contributed by atoms with Crippen LogP contribution >= 0.6 is 11.3 Å². The molecule has 0 fully saturated rings. The highest BCUT2D eigenvalue weighted by Gasteiger charge is 2.02. The van der Waals surface area contributed by atoms with E-state index in [-0.39, 0.29) is 5.75 Å². The number of hydrogen-bond acceptors (Lipinski definition) is 4. The lowest BCUT2D eigenvalue weighted by Gasteiger charge is -2.07. The average Bonchev–Trinajstić information content (AvgIpc) is 2.75. The third-order valence-electron chi connectivity index (χ3n) is 2.67. The molecule has 4 heteroatoms. The van der Waals surface area contributed by atoms with E-state index in [9.17, 15) is 5.11 Å². The molecule has 0 spiro atoms. The Bertz CT molecular complexity index is 522. The van der Waals surface area contributed by atoms with Crippen LogP contribution in [-0.4, -0.2) is 12.2 Å². The number of aryl methyl sites for hydroxylation is 1. The number of phenols is 1. The number of benzene rings is 1. The van der Waals surface area contributed by atoms with Crippen LogP contribution in [0.25, 0.3) is 0 Å². The second-order valence-corrected chi connectivity index (χ2v) is 5.49. The molecule has 1 aromatic heterocycles. The molecule has 1 heterocycles. The molecule has 0 saturated carbocycles. The zero-order valence-electron chi connectivity index (χ0n) is 10.6. The highest BCUT2D eigenvalue weighted by atomic mass is 32.1. The smallest absolute Gasteiger partial charge is 0.160 e. The van der Waals surface area contributed by atoms with Crippen molar-refractivity contribution in [3.05, 3.63) is 45.6 Å². The summed E-state index contributed by atoms with van der Waals surface area (Å²) in [6.45, 7) is 3.69. The molecule has 2 rings (SSSR count). The summed E-state index contributed by atoms with van der Waals surface area (Å²) >= 11 is 1.80. The van der Waals surface area contributed by atoms with Crippen LogP contribution in [0.2, 0.25) is 0 Å². The Hall–Kier alpha value is -1.52. The maximum absolute atomic E-state index is 9.66. The Labute approximate surface area is 111 Å². The second kappa shape index (κ2) is 5.89. The molecular formula is C14H17NO2S. The summed E-state index contributed by atoms with van der Waals surface area (Å²) in [5, 5.41) is 13.0. The van der Waals surface area contributed by atoms with Gasteiger partial charge in [-0.3, -0.25) is 0 Å². The molecule has 0 radical (unpaired) electrons. The first-order valence-electron chi connectivity index (χ1n) is 5.81. The standard InChI is InChI=1S/C14H17NO2S/c1-10-3-5-12(18-10)9-15-8-11-4-6-14(17-2)13(16)7-11/h3-7,15-16H,8-9H2,1-2H3. The second-order valence-electron chi connectivity index (χ2n) is 4.12. The van der Waals surface area contributed by atoms with Gasteiger partial charge in [-0.15, -0.1) is 11.3 Å². The largest absolute Gasteiger partial charge is 0.504 e. The number of thiophene rings is 1. The van der Waals surface area contributed by atoms with Crippen molar-refractivity contribution in [2.24, 2.45) is 0 Å². The SMILES string of the molecule is COc1ccc(CNCc2ccc(C)s2)cc1O. The summed E-state index contributed by atoms with van der Waals surface area (Å²) in [4.78, 5) is 2.65. The van der Waals surface area contributed by atoms with Crippen molar-refractivity contribution in [2.45, 2.75) is 20.0 Å². The van der Waals surface area contributed by atoms with Gasteiger partial charge in [0.15, 0.2) is 11.5 Å². The lowest BCUT2D eigenvalue weighted by molar-refractivity contribution is 0.373. The number of aromatic hydroxyl groups is 1. The lowest BCUT2D eigenvalue weighted by atomic mass is 10.2. The fourth-order valence-corrected chi connectivity index (χ4v) is 2.62. The van der Waals surface area contributed by atoms with Gasteiger partial charge in [0.2, 0.25) is 0 Å². The molecule has 3 nitrogen and oxygen atoms in total. The molecule has 0 aliphatic heterocycles. The maximum Gasteiger partial charge on any atom is 0.160 e. The molecule has 2 aromatic rings. The first-order valence-corrected chi connectivity index (χ1v) is 6.62. The molecule has 0 amide bonds. The fourth-order valence-electron chi connectivity index (χ4n) is 1.76. The number of phenolic OH excluding ortho intramolecular Hbond substituents is 1. The van der Waals surface area contributed by atoms with E-state index in [1.54, 1.807) is 30.6 Å². The third kappa shape index (κ3) is 3.24. The van der Waals surface area contributed by atoms with Crippen LogP contribution in [0.5, 0.6) is 11.5 Å². The fraction of sp³-hybridized carbons (Fsp3) is 0.286.